The summed E-state index contributed by atoms with van der Waals surface area (Å²) in [7, 11) is 0. The highest BCUT2D eigenvalue weighted by Gasteiger charge is 2.35. The Morgan fingerprint density at radius 1 is 1.09 bits per heavy atom. The molecule has 1 saturated carbocycles. The summed E-state index contributed by atoms with van der Waals surface area (Å²) in [5, 5.41) is 0. The second-order valence-electron chi connectivity index (χ2n) is 5.93. The van der Waals surface area contributed by atoms with Gasteiger partial charge in [-0.05, 0) is 36.0 Å². The first-order chi connectivity index (χ1) is 10.9. The van der Waals surface area contributed by atoms with Crippen molar-refractivity contribution in [3.05, 3.63) is 55.6 Å². The van der Waals surface area contributed by atoms with Crippen molar-refractivity contribution in [3.8, 4) is 0 Å². The Morgan fingerprint density at radius 2 is 1.74 bits per heavy atom. The van der Waals surface area contributed by atoms with E-state index in [1.807, 2.05) is 0 Å². The lowest BCUT2D eigenvalue weighted by molar-refractivity contribution is -0.138. The van der Waals surface area contributed by atoms with Crippen LogP contribution >= 0.6 is 0 Å². The van der Waals surface area contributed by atoms with Crippen molar-refractivity contribution in [2.24, 2.45) is 0 Å². The third kappa shape index (κ3) is 3.33. The topological polar surface area (TPSA) is 48.3 Å². The van der Waals surface area contributed by atoms with Crippen LogP contribution in [-0.4, -0.2) is 4.73 Å². The van der Waals surface area contributed by atoms with Gasteiger partial charge >= 0.3 is 17.3 Å². The van der Waals surface area contributed by atoms with Crippen LogP contribution in [0.15, 0.2) is 27.8 Å². The number of hydrogen-bond donors (Lipinski definition) is 0. The average Bonchev–Trinajstić information content (AvgIpc) is 3.11. The predicted octanol–water partition coefficient (Wildman–Crippen LogP) is 2.78. The zero-order chi connectivity index (χ0) is 16.6. The number of hydrogen-bond acceptors (Lipinski definition) is 3. The molecule has 0 amide bonds. The maximum Gasteiger partial charge on any atom is 0.416 e. The molecule has 1 aromatic carbocycles. The molecule has 0 aliphatic heterocycles. The van der Waals surface area contributed by atoms with Crippen molar-refractivity contribution in [1.82, 2.24) is 4.73 Å². The van der Waals surface area contributed by atoms with Gasteiger partial charge in [0.15, 0.2) is 0 Å². The van der Waals surface area contributed by atoms with Gasteiger partial charge in [0.05, 0.1) is 5.56 Å². The van der Waals surface area contributed by atoms with Crippen LogP contribution in [0.3, 0.4) is 0 Å². The Morgan fingerprint density at radius 3 is 2.30 bits per heavy atom. The molecule has 0 unspecified atom stereocenters. The van der Waals surface area contributed by atoms with Crippen LogP contribution in [0.2, 0.25) is 0 Å². The Bertz CT molecular complexity index is 740. The van der Waals surface area contributed by atoms with Gasteiger partial charge in [-0.2, -0.15) is 13.2 Å². The quantitative estimate of drug-likeness (QED) is 0.812. The molecule has 1 fully saturated rings. The number of aromatic nitrogens is 1. The Kier molecular flexibility index (Phi) is 4.04. The minimum atomic E-state index is -4.44. The highest BCUT2D eigenvalue weighted by atomic mass is 19.4. The summed E-state index contributed by atoms with van der Waals surface area (Å²) in [4.78, 5) is 26.5. The van der Waals surface area contributed by atoms with Gasteiger partial charge in [0.1, 0.15) is 6.61 Å². The molecule has 3 rings (SSSR count). The lowest BCUT2D eigenvalue weighted by Gasteiger charge is -2.25. The third-order valence-electron chi connectivity index (χ3n) is 4.33. The van der Waals surface area contributed by atoms with Gasteiger partial charge in [0.25, 0.3) is 0 Å². The maximum absolute atomic E-state index is 13.4. The molecule has 0 spiro atoms. The van der Waals surface area contributed by atoms with Crippen LogP contribution in [-0.2, 0) is 12.8 Å². The molecule has 1 aliphatic carbocycles. The van der Waals surface area contributed by atoms with Crippen LogP contribution in [0.1, 0.15) is 54.7 Å². The first-order valence-corrected chi connectivity index (χ1v) is 7.59. The van der Waals surface area contributed by atoms with E-state index in [1.165, 1.54) is 6.07 Å². The summed E-state index contributed by atoms with van der Waals surface area (Å²) in [5.41, 5.74) is -1.59. The number of alkyl halides is 3. The molecule has 0 N–H and O–H groups in total. The standard InChI is InChI=1S/C16H16F3NO3/c17-16(18,19)13-8-10(9-23-20-14(21)15(20)22)6-7-12(13)11-4-2-1-3-5-11/h6-8,11H,1-5,9H2. The summed E-state index contributed by atoms with van der Waals surface area (Å²) in [6.07, 6.45) is 0.0827. The van der Waals surface area contributed by atoms with E-state index in [0.717, 1.165) is 38.2 Å². The molecule has 0 radical (unpaired) electrons. The molecule has 1 aliphatic rings. The van der Waals surface area contributed by atoms with Crippen molar-refractivity contribution < 1.29 is 18.0 Å². The molecule has 23 heavy (non-hydrogen) atoms. The smallest absolute Gasteiger partial charge is 0.402 e. The monoisotopic (exact) mass is 327 g/mol. The highest BCUT2D eigenvalue weighted by molar-refractivity contribution is 5.36. The molecular weight excluding hydrogens is 311 g/mol. The molecule has 0 atom stereocenters. The Labute approximate surface area is 130 Å². The lowest BCUT2D eigenvalue weighted by Crippen LogP contribution is -2.16. The molecule has 124 valence electrons. The second kappa shape index (κ2) is 5.86. The maximum atomic E-state index is 13.4. The molecular formula is C16H16F3NO3. The third-order valence-corrected chi connectivity index (χ3v) is 4.33. The molecule has 1 aromatic heterocycles. The van der Waals surface area contributed by atoms with E-state index < -0.39 is 22.9 Å². The zero-order valence-corrected chi connectivity index (χ0v) is 12.4. The van der Waals surface area contributed by atoms with E-state index in [4.69, 9.17) is 4.84 Å². The minimum absolute atomic E-state index is 0.0642. The molecule has 2 aromatic rings. The number of benzene rings is 1. The van der Waals surface area contributed by atoms with Crippen molar-refractivity contribution in [3.63, 3.8) is 0 Å². The van der Waals surface area contributed by atoms with Gasteiger partial charge in [-0.1, -0.05) is 36.1 Å². The summed E-state index contributed by atoms with van der Waals surface area (Å²) < 4.78 is 40.6. The normalized spacial score (nSPS) is 16.8. The molecule has 1 heterocycles. The van der Waals surface area contributed by atoms with Crippen molar-refractivity contribution >= 4 is 0 Å². The number of rotatable bonds is 4. The van der Waals surface area contributed by atoms with Gasteiger partial charge in [-0.25, -0.2) is 0 Å². The average molecular weight is 327 g/mol. The second-order valence-corrected chi connectivity index (χ2v) is 5.93. The van der Waals surface area contributed by atoms with Crippen LogP contribution in [0.25, 0.3) is 0 Å². The first kappa shape index (κ1) is 15.8. The molecule has 0 bridgehead atoms. The van der Waals surface area contributed by atoms with E-state index in [2.05, 4.69) is 0 Å². The van der Waals surface area contributed by atoms with Gasteiger partial charge in [0, 0.05) is 0 Å². The summed E-state index contributed by atoms with van der Waals surface area (Å²) in [5.74, 6) is -0.0642. The van der Waals surface area contributed by atoms with E-state index in [0.29, 0.717) is 10.3 Å². The van der Waals surface area contributed by atoms with Crippen LogP contribution < -0.4 is 16.0 Å². The predicted molar refractivity (Wildman–Crippen MR) is 76.9 cm³/mol. The van der Waals surface area contributed by atoms with Crippen molar-refractivity contribution in [2.75, 3.05) is 0 Å². The minimum Gasteiger partial charge on any atom is -0.402 e. The van der Waals surface area contributed by atoms with E-state index >= 15 is 0 Å². The van der Waals surface area contributed by atoms with E-state index in [9.17, 15) is 22.8 Å². The van der Waals surface area contributed by atoms with Crippen LogP contribution in [0.5, 0.6) is 0 Å². The Balaban J connectivity index is 1.84. The Hall–Kier alpha value is -2.05. The van der Waals surface area contributed by atoms with E-state index in [1.54, 1.807) is 6.07 Å². The molecule has 4 nitrogen and oxygen atoms in total. The van der Waals surface area contributed by atoms with E-state index in [-0.39, 0.29) is 18.1 Å². The molecule has 7 heteroatoms. The largest absolute Gasteiger partial charge is 0.416 e. The fraction of sp³-hybridized carbons (Fsp3) is 0.500. The van der Waals surface area contributed by atoms with Crippen LogP contribution in [0, 0.1) is 0 Å². The number of halogens is 3. The SMILES string of the molecule is O=c1c(=O)n1OCc1ccc(C2CCCCC2)c(C(F)(F)F)c1. The van der Waals surface area contributed by atoms with Gasteiger partial charge < -0.3 is 4.84 Å². The summed E-state index contributed by atoms with van der Waals surface area (Å²) in [6, 6.07) is 4.13. The van der Waals surface area contributed by atoms with Crippen molar-refractivity contribution in [1.29, 1.82) is 0 Å². The summed E-state index contributed by atoms with van der Waals surface area (Å²) >= 11 is 0. The molecule has 0 saturated heterocycles. The van der Waals surface area contributed by atoms with Gasteiger partial charge in [0.2, 0.25) is 0 Å². The zero-order valence-electron chi connectivity index (χ0n) is 12.4. The van der Waals surface area contributed by atoms with Gasteiger partial charge in [-0.3, -0.25) is 9.59 Å². The van der Waals surface area contributed by atoms with Gasteiger partial charge in [-0.15, -0.1) is 0 Å². The van der Waals surface area contributed by atoms with Crippen LogP contribution in [0.4, 0.5) is 13.2 Å². The summed E-state index contributed by atoms with van der Waals surface area (Å²) in [6.45, 7) is -0.245. The fourth-order valence-corrected chi connectivity index (χ4v) is 3.09. The lowest BCUT2D eigenvalue weighted by atomic mass is 9.81. The fourth-order valence-electron chi connectivity index (χ4n) is 3.09. The first-order valence-electron chi connectivity index (χ1n) is 7.59. The number of nitrogens with zero attached hydrogens (tertiary/aromatic N) is 1. The van der Waals surface area contributed by atoms with Crippen molar-refractivity contribution in [2.45, 2.75) is 50.8 Å². The highest BCUT2D eigenvalue weighted by Crippen LogP contribution is 2.41.